The largest absolute Gasteiger partial charge is 0.355 e. The van der Waals surface area contributed by atoms with Crippen LogP contribution < -0.4 is 21.1 Å². The van der Waals surface area contributed by atoms with Crippen LogP contribution in [-0.4, -0.2) is 9.97 Å². The molecule has 12 rings (SSSR count). The molecule has 2 nitrogen and oxygen atoms in total. The van der Waals surface area contributed by atoms with Crippen LogP contribution in [-0.2, 0) is 0 Å². The van der Waals surface area contributed by atoms with E-state index in [0.717, 1.165) is 21.8 Å². The maximum absolute atomic E-state index is 3.75. The smallest absolute Gasteiger partial charge is 0.0468 e. The third-order valence-electron chi connectivity index (χ3n) is 12.9. The van der Waals surface area contributed by atoms with Gasteiger partial charge in [-0.2, -0.15) is 0 Å². The normalized spacial score (nSPS) is 18.5. The molecule has 2 unspecified atom stereocenters. The van der Waals surface area contributed by atoms with Crippen LogP contribution in [0, 0.1) is 10.8 Å². The molecule has 58 heavy (non-hydrogen) atoms. The number of benzene rings is 6. The molecule has 284 valence electrons. The molecule has 8 aromatic rings. The van der Waals surface area contributed by atoms with Gasteiger partial charge in [0.25, 0.3) is 0 Å². The molecule has 0 saturated heterocycles. The van der Waals surface area contributed by atoms with Crippen LogP contribution in [0.4, 0.5) is 0 Å². The Morgan fingerprint density at radius 2 is 0.897 bits per heavy atom. The maximum Gasteiger partial charge on any atom is 0.0468 e. The minimum atomic E-state index is 0.167. The van der Waals surface area contributed by atoms with Gasteiger partial charge in [0.15, 0.2) is 0 Å². The highest BCUT2D eigenvalue weighted by molar-refractivity contribution is 9.10. The summed E-state index contributed by atoms with van der Waals surface area (Å²) in [7, 11) is 0. The molecule has 4 heteroatoms. The van der Waals surface area contributed by atoms with Gasteiger partial charge in [0.1, 0.15) is 0 Å². The van der Waals surface area contributed by atoms with Crippen molar-refractivity contribution in [1.82, 2.24) is 9.97 Å². The molecule has 0 bridgehead atoms. The maximum atomic E-state index is 3.75. The van der Waals surface area contributed by atoms with Gasteiger partial charge in [-0.3, -0.25) is 0 Å². The Balaban J connectivity index is 0.000000133. The Labute approximate surface area is 356 Å². The van der Waals surface area contributed by atoms with Crippen LogP contribution in [0.5, 0.6) is 0 Å². The third kappa shape index (κ3) is 6.02. The van der Waals surface area contributed by atoms with E-state index in [0.29, 0.717) is 11.8 Å². The van der Waals surface area contributed by atoms with Crippen LogP contribution in [0.2, 0.25) is 0 Å². The average molecular weight is 881 g/mol. The number of hydrogen-bond acceptors (Lipinski definition) is 0. The number of hydrogen-bond donors (Lipinski definition) is 2. The molecule has 0 amide bonds. The Hall–Kier alpha value is -5.16. The fourth-order valence-electron chi connectivity index (χ4n) is 10.5. The molecule has 4 aliphatic carbocycles. The minimum absolute atomic E-state index is 0.167. The molecule has 6 aromatic carbocycles. The second kappa shape index (κ2) is 13.2. The summed E-state index contributed by atoms with van der Waals surface area (Å²) in [4.78, 5) is 7.51. The van der Waals surface area contributed by atoms with E-state index in [-0.39, 0.29) is 10.8 Å². The quantitative estimate of drug-likeness (QED) is 0.173. The third-order valence-corrected chi connectivity index (χ3v) is 13.9. The zero-order valence-electron chi connectivity index (χ0n) is 33.2. The Morgan fingerprint density at radius 1 is 0.483 bits per heavy atom. The first kappa shape index (κ1) is 36.0. The summed E-state index contributed by atoms with van der Waals surface area (Å²) in [6.45, 7) is 9.38. The van der Waals surface area contributed by atoms with Crippen LogP contribution in [0.3, 0.4) is 0 Å². The summed E-state index contributed by atoms with van der Waals surface area (Å²) in [5.74, 6) is 0.815. The SMILES string of the molecule is CC1(C)C=c2[nH]c3cc4c(cc3c2C(c2ccccc2)C1)-c1cc(Br)ccc1C=4.CC1(C)C=c2[nH]c3cc4c(cc3c2C(c2ccccc2)C1)-c1cc(Br)ccc1C=4. The van der Waals surface area contributed by atoms with E-state index >= 15 is 0 Å². The van der Waals surface area contributed by atoms with E-state index < -0.39 is 0 Å². The number of rotatable bonds is 2. The summed E-state index contributed by atoms with van der Waals surface area (Å²) < 4.78 is 2.26. The topological polar surface area (TPSA) is 31.6 Å². The van der Waals surface area contributed by atoms with Crippen LogP contribution in [0.15, 0.2) is 130 Å². The fraction of sp³-hybridized carbons (Fsp3) is 0.185. The molecule has 0 saturated carbocycles. The molecular formula is C54H44Br2N2. The number of H-pyrrole nitrogens is 2. The average Bonchev–Trinajstić information content (AvgIpc) is 3.94. The van der Waals surface area contributed by atoms with Crippen LogP contribution >= 0.6 is 31.9 Å². The number of fused-ring (bicyclic) bond motifs is 12. The van der Waals surface area contributed by atoms with E-state index in [1.165, 1.54) is 98.6 Å². The van der Waals surface area contributed by atoms with Crippen molar-refractivity contribution >= 4 is 78.0 Å². The Kier molecular flexibility index (Phi) is 8.17. The zero-order valence-corrected chi connectivity index (χ0v) is 36.4. The van der Waals surface area contributed by atoms with Gasteiger partial charge in [-0.1, -0.05) is 145 Å². The lowest BCUT2D eigenvalue weighted by molar-refractivity contribution is 0.428. The molecular weight excluding hydrogens is 836 g/mol. The van der Waals surface area contributed by atoms with Crippen molar-refractivity contribution < 1.29 is 0 Å². The molecule has 2 atom stereocenters. The van der Waals surface area contributed by atoms with E-state index in [4.69, 9.17) is 0 Å². The van der Waals surface area contributed by atoms with E-state index in [1.807, 2.05) is 0 Å². The highest BCUT2D eigenvalue weighted by Gasteiger charge is 2.33. The lowest BCUT2D eigenvalue weighted by Gasteiger charge is -2.31. The lowest BCUT2D eigenvalue weighted by Crippen LogP contribution is -2.27. The summed E-state index contributed by atoms with van der Waals surface area (Å²) >= 11 is 7.29. The van der Waals surface area contributed by atoms with Gasteiger partial charge in [-0.25, -0.2) is 0 Å². The molecule has 0 radical (unpaired) electrons. The van der Waals surface area contributed by atoms with E-state index in [9.17, 15) is 0 Å². The van der Waals surface area contributed by atoms with Crippen LogP contribution in [0.25, 0.3) is 68.4 Å². The molecule has 2 heterocycles. The first-order chi connectivity index (χ1) is 28.0. The molecule has 2 N–H and O–H groups in total. The van der Waals surface area contributed by atoms with Gasteiger partial charge in [-0.15, -0.1) is 0 Å². The second-order valence-electron chi connectivity index (χ2n) is 18.2. The number of halogens is 2. The highest BCUT2D eigenvalue weighted by Crippen LogP contribution is 2.44. The van der Waals surface area contributed by atoms with Gasteiger partial charge in [-0.05, 0) is 150 Å². The molecule has 0 fully saturated rings. The standard InChI is InChI=1S/2C27H22BrN/c2*1-27(2)14-23(16-6-4-3-5-7-16)26-22-13-21-18(11-24(22)29-25(26)15-27)10-17-8-9-19(28)12-20(17)21/h2*3-13,15,23,29H,14H2,1-2H3. The van der Waals surface area contributed by atoms with Gasteiger partial charge >= 0.3 is 0 Å². The fourth-order valence-corrected chi connectivity index (χ4v) is 11.2. The van der Waals surface area contributed by atoms with Crippen molar-refractivity contribution in [3.8, 4) is 22.3 Å². The summed E-state index contributed by atoms with van der Waals surface area (Å²) in [6.07, 6.45) is 11.7. The van der Waals surface area contributed by atoms with Crippen molar-refractivity contribution in [2.45, 2.75) is 52.4 Å². The molecule has 2 aromatic heterocycles. The van der Waals surface area contributed by atoms with Crippen LogP contribution in [0.1, 0.15) is 85.8 Å². The van der Waals surface area contributed by atoms with Gasteiger partial charge < -0.3 is 9.97 Å². The van der Waals surface area contributed by atoms with Gasteiger partial charge in [0, 0.05) is 53.3 Å². The molecule has 0 aliphatic heterocycles. The zero-order chi connectivity index (χ0) is 39.5. The first-order valence-corrected chi connectivity index (χ1v) is 22.1. The minimum Gasteiger partial charge on any atom is -0.355 e. The van der Waals surface area contributed by atoms with E-state index in [1.54, 1.807) is 0 Å². The van der Waals surface area contributed by atoms with Crippen molar-refractivity contribution in [3.05, 3.63) is 185 Å². The van der Waals surface area contributed by atoms with E-state index in [2.05, 4.69) is 215 Å². The highest BCUT2D eigenvalue weighted by atomic mass is 79.9. The lowest BCUT2D eigenvalue weighted by atomic mass is 9.72. The predicted molar refractivity (Wildman–Crippen MR) is 251 cm³/mol. The van der Waals surface area contributed by atoms with Crippen molar-refractivity contribution in [2.75, 3.05) is 0 Å². The van der Waals surface area contributed by atoms with Crippen molar-refractivity contribution in [1.29, 1.82) is 0 Å². The predicted octanol–water partition coefficient (Wildman–Crippen LogP) is 12.2. The molecule has 4 aliphatic rings. The Bertz CT molecular complexity index is 3030. The monoisotopic (exact) mass is 878 g/mol. The first-order valence-electron chi connectivity index (χ1n) is 20.5. The number of aromatic nitrogens is 2. The number of nitrogens with one attached hydrogen (secondary N) is 2. The summed E-state index contributed by atoms with van der Waals surface area (Å²) in [5, 5.41) is 7.92. The van der Waals surface area contributed by atoms with Crippen molar-refractivity contribution in [2.24, 2.45) is 10.8 Å². The van der Waals surface area contributed by atoms with Crippen molar-refractivity contribution in [3.63, 3.8) is 0 Å². The van der Waals surface area contributed by atoms with Gasteiger partial charge in [0.2, 0.25) is 0 Å². The molecule has 0 spiro atoms. The number of aromatic amines is 2. The Morgan fingerprint density at radius 3 is 1.31 bits per heavy atom. The summed E-state index contributed by atoms with van der Waals surface area (Å²) in [6, 6.07) is 44.6. The second-order valence-corrected chi connectivity index (χ2v) is 20.1. The summed E-state index contributed by atoms with van der Waals surface area (Å²) in [5.41, 5.74) is 16.5. The van der Waals surface area contributed by atoms with Gasteiger partial charge in [0.05, 0.1) is 0 Å².